The van der Waals surface area contributed by atoms with E-state index in [1.165, 1.54) is 18.5 Å². The predicted molar refractivity (Wildman–Crippen MR) is 47.1 cm³/mol. The molecule has 0 unspecified atom stereocenters. The summed E-state index contributed by atoms with van der Waals surface area (Å²) in [6, 6.07) is 5.80. The van der Waals surface area contributed by atoms with Gasteiger partial charge >= 0.3 is 7.41 Å². The maximum Gasteiger partial charge on any atom is 0.374 e. The Bertz CT molecular complexity index is 273. The van der Waals surface area contributed by atoms with E-state index in [1.54, 1.807) is 0 Å². The van der Waals surface area contributed by atoms with E-state index in [-0.39, 0.29) is 0 Å². The summed E-state index contributed by atoms with van der Waals surface area (Å²) in [4.78, 5) is 9.86. The SMILES string of the molecule is Cc1ccc([B]N=O)cc1C. The lowest BCUT2D eigenvalue weighted by molar-refractivity contribution is 1.35. The number of rotatable bonds is 2. The van der Waals surface area contributed by atoms with Gasteiger partial charge < -0.3 is 0 Å². The molecule has 0 atom stereocenters. The van der Waals surface area contributed by atoms with E-state index in [1.807, 2.05) is 32.0 Å². The first-order valence-corrected chi connectivity index (χ1v) is 3.47. The van der Waals surface area contributed by atoms with E-state index in [4.69, 9.17) is 0 Å². The molecule has 55 valence electrons. The summed E-state index contributed by atoms with van der Waals surface area (Å²) < 4.78 is 0. The molecule has 0 amide bonds. The molecule has 3 heteroatoms. The standard InChI is InChI=1S/C8H9BNO/c1-6-3-4-8(9-10-11)5-7(6)2/h3-5H,1-2H3. The minimum absolute atomic E-state index is 0.864. The Balaban J connectivity index is 2.95. The van der Waals surface area contributed by atoms with Crippen LogP contribution in [0, 0.1) is 18.8 Å². The van der Waals surface area contributed by atoms with Crippen LogP contribution in [0.4, 0.5) is 0 Å². The predicted octanol–water partition coefficient (Wildman–Crippen LogP) is 1.31. The minimum Gasteiger partial charge on any atom is -0.168 e. The highest BCUT2D eigenvalue weighted by Crippen LogP contribution is 2.01. The quantitative estimate of drug-likeness (QED) is 0.456. The molecule has 0 aromatic heterocycles. The van der Waals surface area contributed by atoms with E-state index in [9.17, 15) is 4.91 Å². The highest BCUT2D eigenvalue weighted by molar-refractivity contribution is 6.51. The van der Waals surface area contributed by atoms with Crippen LogP contribution in [-0.4, -0.2) is 7.41 Å². The van der Waals surface area contributed by atoms with Crippen LogP contribution in [-0.2, 0) is 0 Å². The Morgan fingerprint density at radius 1 is 1.27 bits per heavy atom. The zero-order chi connectivity index (χ0) is 8.27. The maximum atomic E-state index is 9.86. The Morgan fingerprint density at radius 3 is 2.55 bits per heavy atom. The van der Waals surface area contributed by atoms with Crippen molar-refractivity contribution in [2.24, 2.45) is 5.09 Å². The molecule has 0 heterocycles. The molecule has 2 nitrogen and oxygen atoms in total. The zero-order valence-corrected chi connectivity index (χ0v) is 6.66. The van der Waals surface area contributed by atoms with Crippen molar-refractivity contribution in [1.29, 1.82) is 0 Å². The van der Waals surface area contributed by atoms with E-state index in [0.29, 0.717) is 0 Å². The van der Waals surface area contributed by atoms with Gasteiger partial charge in [-0.05, 0) is 25.0 Å². The number of hydrogen-bond donors (Lipinski definition) is 0. The van der Waals surface area contributed by atoms with Crippen LogP contribution in [0.15, 0.2) is 23.3 Å². The fourth-order valence-corrected chi connectivity index (χ4v) is 0.906. The fraction of sp³-hybridized carbons (Fsp3) is 0.250. The molecular formula is C8H9BNO. The summed E-state index contributed by atoms with van der Waals surface area (Å²) in [6.45, 7) is 4.05. The van der Waals surface area contributed by atoms with E-state index < -0.39 is 0 Å². The van der Waals surface area contributed by atoms with Gasteiger partial charge in [-0.2, -0.15) is 4.91 Å². The van der Waals surface area contributed by atoms with Crippen LogP contribution in [0.2, 0.25) is 0 Å². The topological polar surface area (TPSA) is 29.4 Å². The van der Waals surface area contributed by atoms with Gasteiger partial charge in [-0.1, -0.05) is 23.7 Å². The molecule has 0 fully saturated rings. The lowest BCUT2D eigenvalue weighted by Gasteiger charge is -1.99. The summed E-state index contributed by atoms with van der Waals surface area (Å²) in [7, 11) is 1.31. The van der Waals surface area contributed by atoms with Crippen LogP contribution in [0.3, 0.4) is 0 Å². The van der Waals surface area contributed by atoms with Crippen LogP contribution in [0.25, 0.3) is 0 Å². The van der Waals surface area contributed by atoms with Crippen molar-refractivity contribution in [3.05, 3.63) is 34.2 Å². The van der Waals surface area contributed by atoms with Gasteiger partial charge in [0.25, 0.3) is 0 Å². The van der Waals surface area contributed by atoms with E-state index in [2.05, 4.69) is 5.09 Å². The number of hydrogen-bond acceptors (Lipinski definition) is 2. The molecule has 0 saturated heterocycles. The van der Waals surface area contributed by atoms with Crippen molar-refractivity contribution < 1.29 is 0 Å². The molecule has 0 aliphatic carbocycles. The smallest absolute Gasteiger partial charge is 0.168 e. The molecule has 0 spiro atoms. The lowest BCUT2D eigenvalue weighted by Crippen LogP contribution is -2.11. The first-order chi connectivity index (χ1) is 5.24. The van der Waals surface area contributed by atoms with Gasteiger partial charge in [-0.15, -0.1) is 5.09 Å². The second kappa shape index (κ2) is 3.33. The molecule has 11 heavy (non-hydrogen) atoms. The average molecular weight is 146 g/mol. The molecular weight excluding hydrogens is 137 g/mol. The van der Waals surface area contributed by atoms with Gasteiger partial charge in [-0.25, -0.2) is 0 Å². The number of aryl methyl sites for hydroxylation is 2. The highest BCUT2D eigenvalue weighted by atomic mass is 16.2. The van der Waals surface area contributed by atoms with Crippen molar-refractivity contribution in [2.45, 2.75) is 13.8 Å². The van der Waals surface area contributed by atoms with Crippen molar-refractivity contribution >= 4 is 12.9 Å². The Kier molecular flexibility index (Phi) is 2.42. The van der Waals surface area contributed by atoms with Gasteiger partial charge in [0.2, 0.25) is 0 Å². The van der Waals surface area contributed by atoms with Crippen LogP contribution >= 0.6 is 0 Å². The Morgan fingerprint density at radius 2 is 2.00 bits per heavy atom. The number of benzene rings is 1. The second-order valence-corrected chi connectivity index (χ2v) is 2.58. The first kappa shape index (κ1) is 7.99. The Hall–Kier alpha value is -1.12. The summed E-state index contributed by atoms with van der Waals surface area (Å²) >= 11 is 0. The third-order valence-corrected chi connectivity index (χ3v) is 1.73. The van der Waals surface area contributed by atoms with E-state index >= 15 is 0 Å². The summed E-state index contributed by atoms with van der Waals surface area (Å²) in [5.41, 5.74) is 3.28. The monoisotopic (exact) mass is 146 g/mol. The number of nitroso groups, excluding NO2 is 1. The van der Waals surface area contributed by atoms with E-state index in [0.717, 1.165) is 5.46 Å². The third kappa shape index (κ3) is 1.90. The lowest BCUT2D eigenvalue weighted by atomic mass is 9.83. The highest BCUT2D eigenvalue weighted by Gasteiger charge is 1.97. The normalized spacial score (nSPS) is 9.27. The van der Waals surface area contributed by atoms with Gasteiger partial charge in [0.1, 0.15) is 0 Å². The van der Waals surface area contributed by atoms with Gasteiger partial charge in [0.15, 0.2) is 0 Å². The largest absolute Gasteiger partial charge is 0.374 e. The molecule has 1 aromatic rings. The van der Waals surface area contributed by atoms with Gasteiger partial charge in [-0.3, -0.25) is 0 Å². The zero-order valence-electron chi connectivity index (χ0n) is 6.66. The molecule has 1 radical (unpaired) electrons. The van der Waals surface area contributed by atoms with Crippen LogP contribution in [0.5, 0.6) is 0 Å². The second-order valence-electron chi connectivity index (χ2n) is 2.58. The van der Waals surface area contributed by atoms with Gasteiger partial charge in [0, 0.05) is 0 Å². The van der Waals surface area contributed by atoms with Crippen LogP contribution in [0.1, 0.15) is 11.1 Å². The third-order valence-electron chi connectivity index (χ3n) is 1.73. The summed E-state index contributed by atoms with van der Waals surface area (Å²) in [5, 5.41) is 2.70. The number of nitrogens with zero attached hydrogens (tertiary/aromatic N) is 1. The summed E-state index contributed by atoms with van der Waals surface area (Å²) in [6.07, 6.45) is 0. The first-order valence-electron chi connectivity index (χ1n) is 3.47. The molecule has 1 aromatic carbocycles. The van der Waals surface area contributed by atoms with Crippen molar-refractivity contribution in [3.8, 4) is 0 Å². The Labute approximate surface area is 66.9 Å². The van der Waals surface area contributed by atoms with Crippen molar-refractivity contribution in [2.75, 3.05) is 0 Å². The van der Waals surface area contributed by atoms with Crippen LogP contribution < -0.4 is 5.46 Å². The van der Waals surface area contributed by atoms with Gasteiger partial charge in [0.05, 0.1) is 0 Å². The maximum absolute atomic E-state index is 9.86. The van der Waals surface area contributed by atoms with Crippen molar-refractivity contribution in [1.82, 2.24) is 0 Å². The molecule has 0 saturated carbocycles. The molecule has 0 aliphatic rings. The molecule has 0 aliphatic heterocycles. The summed E-state index contributed by atoms with van der Waals surface area (Å²) in [5.74, 6) is 0. The fourth-order valence-electron chi connectivity index (χ4n) is 0.906. The minimum atomic E-state index is 0.864. The molecule has 0 N–H and O–H groups in total. The average Bonchev–Trinajstić information content (AvgIpc) is 1.98. The molecule has 0 bridgehead atoms. The van der Waals surface area contributed by atoms with Crippen molar-refractivity contribution in [3.63, 3.8) is 0 Å². The molecule has 1 rings (SSSR count).